The van der Waals surface area contributed by atoms with Crippen LogP contribution in [0.1, 0.15) is 13.8 Å². The monoisotopic (exact) mass is 355 g/mol. The van der Waals surface area contributed by atoms with Crippen LogP contribution in [0.4, 0.5) is 5.69 Å². The van der Waals surface area contributed by atoms with Gasteiger partial charge in [-0.1, -0.05) is 0 Å². The lowest BCUT2D eigenvalue weighted by Gasteiger charge is -2.41. The summed E-state index contributed by atoms with van der Waals surface area (Å²) in [5, 5.41) is 24.3. The Balaban J connectivity index is 1.68. The van der Waals surface area contributed by atoms with Crippen molar-refractivity contribution in [2.24, 2.45) is 0 Å². The Kier molecular flexibility index (Phi) is 4.82. The average Bonchev–Trinajstić information content (AvgIpc) is 2.91. The highest BCUT2D eigenvalue weighted by atomic mass is 16.8. The lowest BCUT2D eigenvalue weighted by molar-refractivity contribution is -0.298. The van der Waals surface area contributed by atoms with Gasteiger partial charge in [-0.15, -0.1) is 0 Å². The second-order valence-corrected chi connectivity index (χ2v) is 6.66. The van der Waals surface area contributed by atoms with Gasteiger partial charge in [0.25, 0.3) is 0 Å². The highest BCUT2D eigenvalue weighted by Gasteiger charge is 2.56. The van der Waals surface area contributed by atoms with Crippen LogP contribution in [0.3, 0.4) is 0 Å². The number of hydrogen-bond acceptors (Lipinski definition) is 8. The van der Waals surface area contributed by atoms with Gasteiger partial charge >= 0.3 is 0 Å². The molecule has 0 bridgehead atoms. The quantitative estimate of drug-likeness (QED) is 0.711. The molecule has 2 heterocycles. The van der Waals surface area contributed by atoms with Gasteiger partial charge in [-0.05, 0) is 26.0 Å². The summed E-state index contributed by atoms with van der Waals surface area (Å²) in [6, 6.07) is 5.26. The van der Waals surface area contributed by atoms with Crippen molar-refractivity contribution < 1.29 is 33.9 Å². The van der Waals surface area contributed by atoms with Crippen molar-refractivity contribution in [3.05, 3.63) is 18.2 Å². The number of aliphatic hydroxyl groups excluding tert-OH is 1. The Hall–Kier alpha value is -1.58. The largest absolute Gasteiger partial charge is 0.493 e. The van der Waals surface area contributed by atoms with E-state index in [4.69, 9.17) is 23.7 Å². The van der Waals surface area contributed by atoms with Crippen LogP contribution in [0.2, 0.25) is 0 Å². The maximum atomic E-state index is 10.7. The number of rotatable bonds is 5. The van der Waals surface area contributed by atoms with Crippen LogP contribution < -0.4 is 14.8 Å². The molecule has 8 heteroatoms. The molecule has 2 saturated heterocycles. The number of methoxy groups -OCH3 is 2. The number of nitrogens with one attached hydrogen (secondary N) is 1. The van der Waals surface area contributed by atoms with E-state index in [-0.39, 0.29) is 13.2 Å². The first-order valence-corrected chi connectivity index (χ1v) is 8.14. The summed E-state index contributed by atoms with van der Waals surface area (Å²) < 4.78 is 27.3. The molecule has 2 aliphatic rings. The van der Waals surface area contributed by atoms with E-state index in [1.165, 1.54) is 0 Å². The maximum absolute atomic E-state index is 10.7. The number of hydrogen-bond donors (Lipinski definition) is 3. The van der Waals surface area contributed by atoms with Gasteiger partial charge in [-0.3, -0.25) is 0 Å². The highest BCUT2D eigenvalue weighted by molar-refractivity contribution is 5.54. The number of aliphatic hydroxyl groups is 2. The van der Waals surface area contributed by atoms with E-state index in [1.54, 1.807) is 46.3 Å². The minimum Gasteiger partial charge on any atom is -0.493 e. The Bertz CT molecular complexity index is 623. The average molecular weight is 355 g/mol. The minimum atomic E-state index is -1.79. The van der Waals surface area contributed by atoms with Crippen LogP contribution in [0, 0.1) is 0 Å². The minimum absolute atomic E-state index is 0.0311. The van der Waals surface area contributed by atoms with Crippen LogP contribution in [-0.2, 0) is 14.2 Å². The zero-order valence-electron chi connectivity index (χ0n) is 14.8. The fraction of sp³-hybridized carbons (Fsp3) is 0.647. The van der Waals surface area contributed by atoms with Gasteiger partial charge < -0.3 is 39.2 Å². The molecule has 4 atom stereocenters. The normalized spacial score (nSPS) is 33.6. The molecule has 0 saturated carbocycles. The smallest absolute Gasteiger partial charge is 0.212 e. The number of ether oxygens (including phenoxy) is 5. The van der Waals surface area contributed by atoms with E-state index in [1.807, 2.05) is 0 Å². The predicted molar refractivity (Wildman–Crippen MR) is 88.8 cm³/mol. The van der Waals surface area contributed by atoms with Gasteiger partial charge in [0.15, 0.2) is 17.3 Å². The fourth-order valence-electron chi connectivity index (χ4n) is 3.16. The summed E-state index contributed by atoms with van der Waals surface area (Å²) >= 11 is 0. The Morgan fingerprint density at radius 3 is 2.60 bits per heavy atom. The molecule has 0 amide bonds. The van der Waals surface area contributed by atoms with Gasteiger partial charge in [0.1, 0.15) is 18.3 Å². The van der Waals surface area contributed by atoms with Gasteiger partial charge in [0, 0.05) is 11.8 Å². The van der Waals surface area contributed by atoms with E-state index in [0.717, 1.165) is 0 Å². The standard InChI is InChI=1S/C17H25NO7/c1-16(2)24-13-8-23-17(20,15(19)14(13)25-16)9-18-10-5-6-11(21-3)12(7-10)22-4/h5-7,13-15,18-20H,8-9H2,1-4H3/t13-,14-,15+,17-/m1/s1. The lowest BCUT2D eigenvalue weighted by Crippen LogP contribution is -2.62. The van der Waals surface area contributed by atoms with E-state index in [9.17, 15) is 10.2 Å². The molecule has 1 aromatic carbocycles. The lowest BCUT2D eigenvalue weighted by atomic mass is 9.97. The SMILES string of the molecule is COc1ccc(NC[C@@]2(O)OC[C@H]3OC(C)(C)O[C@H]3[C@@H]2O)cc1OC. The fourth-order valence-corrected chi connectivity index (χ4v) is 3.16. The molecule has 0 aromatic heterocycles. The third kappa shape index (κ3) is 3.54. The summed E-state index contributed by atoms with van der Waals surface area (Å²) in [5.74, 6) is -1.46. The van der Waals surface area contributed by atoms with Crippen molar-refractivity contribution in [3.63, 3.8) is 0 Å². The van der Waals surface area contributed by atoms with E-state index in [0.29, 0.717) is 17.2 Å². The molecule has 0 unspecified atom stereocenters. The van der Waals surface area contributed by atoms with Crippen LogP contribution in [0.25, 0.3) is 0 Å². The molecule has 2 aliphatic heterocycles. The van der Waals surface area contributed by atoms with Gasteiger partial charge in [-0.2, -0.15) is 0 Å². The van der Waals surface area contributed by atoms with Crippen LogP contribution in [0.15, 0.2) is 18.2 Å². The van der Waals surface area contributed by atoms with E-state index < -0.39 is 29.9 Å². The van der Waals surface area contributed by atoms with Gasteiger partial charge in [0.05, 0.1) is 27.4 Å². The predicted octanol–water partition coefficient (Wildman–Crippen LogP) is 0.715. The molecule has 25 heavy (non-hydrogen) atoms. The van der Waals surface area contributed by atoms with Crippen molar-refractivity contribution in [3.8, 4) is 11.5 Å². The molecule has 1 aromatic rings. The zero-order chi connectivity index (χ0) is 18.2. The zero-order valence-corrected chi connectivity index (χ0v) is 14.8. The molecule has 0 spiro atoms. The summed E-state index contributed by atoms with van der Waals surface area (Å²) in [6.45, 7) is 3.63. The van der Waals surface area contributed by atoms with Crippen molar-refractivity contribution in [1.82, 2.24) is 0 Å². The Morgan fingerprint density at radius 1 is 1.20 bits per heavy atom. The highest BCUT2D eigenvalue weighted by Crippen LogP contribution is 2.37. The molecular weight excluding hydrogens is 330 g/mol. The number of fused-ring (bicyclic) bond motifs is 1. The summed E-state index contributed by atoms with van der Waals surface area (Å²) in [7, 11) is 3.10. The second-order valence-electron chi connectivity index (χ2n) is 6.66. The molecule has 8 nitrogen and oxygen atoms in total. The van der Waals surface area contributed by atoms with Crippen LogP contribution >= 0.6 is 0 Å². The first-order chi connectivity index (χ1) is 11.8. The molecule has 3 rings (SSSR count). The van der Waals surface area contributed by atoms with Crippen LogP contribution in [0.5, 0.6) is 11.5 Å². The first kappa shape index (κ1) is 18.2. The molecule has 3 N–H and O–H groups in total. The third-order valence-electron chi connectivity index (χ3n) is 4.42. The molecule has 0 radical (unpaired) electrons. The first-order valence-electron chi connectivity index (χ1n) is 8.14. The van der Waals surface area contributed by atoms with E-state index >= 15 is 0 Å². The Labute approximate surface area is 146 Å². The molecular formula is C17H25NO7. The van der Waals surface area contributed by atoms with Crippen molar-refractivity contribution in [2.75, 3.05) is 32.7 Å². The number of anilines is 1. The molecule has 140 valence electrons. The maximum Gasteiger partial charge on any atom is 0.212 e. The molecule has 0 aliphatic carbocycles. The van der Waals surface area contributed by atoms with Crippen LogP contribution in [-0.4, -0.2) is 67.5 Å². The summed E-state index contributed by atoms with van der Waals surface area (Å²) in [5.41, 5.74) is 0.688. The topological polar surface area (TPSA) is 98.6 Å². The van der Waals surface area contributed by atoms with Crippen molar-refractivity contribution in [2.45, 2.75) is 43.7 Å². The molecule has 2 fully saturated rings. The number of benzene rings is 1. The second kappa shape index (κ2) is 6.62. The van der Waals surface area contributed by atoms with Gasteiger partial charge in [0.2, 0.25) is 5.79 Å². The summed E-state index contributed by atoms with van der Waals surface area (Å²) in [6.07, 6.45) is -2.31. The van der Waals surface area contributed by atoms with Gasteiger partial charge in [-0.25, -0.2) is 0 Å². The van der Waals surface area contributed by atoms with E-state index in [2.05, 4.69) is 5.32 Å². The Morgan fingerprint density at radius 2 is 1.92 bits per heavy atom. The van der Waals surface area contributed by atoms with Crippen molar-refractivity contribution >= 4 is 5.69 Å². The third-order valence-corrected chi connectivity index (χ3v) is 4.42. The summed E-state index contributed by atoms with van der Waals surface area (Å²) in [4.78, 5) is 0. The van der Waals surface area contributed by atoms with Crippen molar-refractivity contribution in [1.29, 1.82) is 0 Å².